The van der Waals surface area contributed by atoms with E-state index in [2.05, 4.69) is 26.6 Å². The maximum atomic E-state index is 12.7. The van der Waals surface area contributed by atoms with Crippen molar-refractivity contribution < 1.29 is 13.2 Å². The minimum Gasteiger partial charge on any atom is -0.348 e. The van der Waals surface area contributed by atoms with E-state index in [0.717, 1.165) is 16.3 Å². The molecule has 0 spiro atoms. The third-order valence-corrected chi connectivity index (χ3v) is 6.99. The lowest BCUT2D eigenvalue weighted by molar-refractivity contribution is -0.125. The van der Waals surface area contributed by atoms with Gasteiger partial charge >= 0.3 is 0 Å². The Hall–Kier alpha value is -0.630. The fraction of sp³-hybridized carbons (Fsp3) is 0.533. The lowest BCUT2D eigenvalue weighted by Crippen LogP contribution is -2.57. The van der Waals surface area contributed by atoms with Crippen LogP contribution in [0, 0.1) is 0 Å². The predicted octanol–water partition coefficient (Wildman–Crippen LogP) is 2.21. The third-order valence-electron chi connectivity index (χ3n) is 4.25. The molecule has 130 valence electrons. The van der Waals surface area contributed by atoms with Crippen LogP contribution >= 0.6 is 28.3 Å². The van der Waals surface area contributed by atoms with E-state index in [-0.39, 0.29) is 18.4 Å². The van der Waals surface area contributed by atoms with Crippen LogP contribution in [0.5, 0.6) is 0 Å². The molecular formula is C15H22BrClN2O3S. The second kappa shape index (κ2) is 7.96. The maximum absolute atomic E-state index is 12.7. The van der Waals surface area contributed by atoms with E-state index in [0.29, 0.717) is 25.9 Å². The molecule has 23 heavy (non-hydrogen) atoms. The highest BCUT2D eigenvalue weighted by Crippen LogP contribution is 2.30. The highest BCUT2D eigenvalue weighted by atomic mass is 79.9. The van der Waals surface area contributed by atoms with Gasteiger partial charge in [0.05, 0.1) is 6.04 Å². The van der Waals surface area contributed by atoms with Crippen molar-refractivity contribution in [1.29, 1.82) is 0 Å². The summed E-state index contributed by atoms with van der Waals surface area (Å²) in [5.74, 6) is -0.403. The van der Waals surface area contributed by atoms with Crippen molar-refractivity contribution in [2.45, 2.75) is 30.6 Å². The van der Waals surface area contributed by atoms with E-state index in [1.165, 1.54) is 0 Å². The Morgan fingerprint density at radius 3 is 2.39 bits per heavy atom. The molecule has 2 rings (SSSR count). The Balaban J connectivity index is 0.00000264. The molecule has 1 aliphatic rings. The lowest BCUT2D eigenvalue weighted by Gasteiger charge is -2.35. The number of benzene rings is 1. The molecule has 1 aromatic carbocycles. The second-order valence-electron chi connectivity index (χ2n) is 5.73. The maximum Gasteiger partial charge on any atom is 0.242 e. The summed E-state index contributed by atoms with van der Waals surface area (Å²) in [7, 11) is -3.49. The van der Waals surface area contributed by atoms with Gasteiger partial charge in [-0.1, -0.05) is 34.1 Å². The van der Waals surface area contributed by atoms with Crippen LogP contribution in [0.2, 0.25) is 0 Å². The zero-order valence-electron chi connectivity index (χ0n) is 13.1. The van der Waals surface area contributed by atoms with Gasteiger partial charge in [0.25, 0.3) is 0 Å². The minimum absolute atomic E-state index is 0. The monoisotopic (exact) mass is 424 g/mol. The summed E-state index contributed by atoms with van der Waals surface area (Å²) < 4.78 is 24.0. The lowest BCUT2D eigenvalue weighted by atomic mass is 9.95. The number of nitrogens with one attached hydrogen (secondary N) is 2. The first kappa shape index (κ1) is 20.4. The van der Waals surface area contributed by atoms with E-state index >= 15 is 0 Å². The van der Waals surface area contributed by atoms with Crippen molar-refractivity contribution in [1.82, 2.24) is 10.6 Å². The first-order valence-electron chi connectivity index (χ1n) is 7.24. The van der Waals surface area contributed by atoms with Gasteiger partial charge in [-0.2, -0.15) is 0 Å². The van der Waals surface area contributed by atoms with E-state index in [4.69, 9.17) is 0 Å². The molecule has 0 saturated carbocycles. The predicted molar refractivity (Wildman–Crippen MR) is 97.6 cm³/mol. The highest BCUT2D eigenvalue weighted by Gasteiger charge is 2.48. The van der Waals surface area contributed by atoms with Crippen LogP contribution in [0.1, 0.15) is 31.4 Å². The van der Waals surface area contributed by atoms with Gasteiger partial charge in [-0.15, -0.1) is 12.4 Å². The van der Waals surface area contributed by atoms with Crippen molar-refractivity contribution in [3.05, 3.63) is 34.3 Å². The summed E-state index contributed by atoms with van der Waals surface area (Å²) in [6, 6.07) is 7.32. The molecule has 1 aromatic rings. The molecule has 8 heteroatoms. The Kier molecular flexibility index (Phi) is 7.07. The Bertz CT molecular complexity index is 660. The van der Waals surface area contributed by atoms with E-state index in [9.17, 15) is 13.2 Å². The van der Waals surface area contributed by atoms with Crippen LogP contribution in [-0.2, 0) is 14.6 Å². The number of halogens is 2. The number of sulfone groups is 1. The molecule has 0 radical (unpaired) electrons. The van der Waals surface area contributed by atoms with Gasteiger partial charge in [0, 0.05) is 10.7 Å². The van der Waals surface area contributed by atoms with Gasteiger partial charge in [0.15, 0.2) is 14.6 Å². The zero-order valence-corrected chi connectivity index (χ0v) is 16.4. The normalized spacial score (nSPS) is 18.6. The number of hydrogen-bond acceptors (Lipinski definition) is 4. The van der Waals surface area contributed by atoms with E-state index in [1.807, 2.05) is 31.2 Å². The van der Waals surface area contributed by atoms with Crippen LogP contribution in [0.25, 0.3) is 0 Å². The fourth-order valence-electron chi connectivity index (χ4n) is 2.83. The van der Waals surface area contributed by atoms with Crippen molar-refractivity contribution in [3.8, 4) is 0 Å². The molecule has 2 N–H and O–H groups in total. The van der Waals surface area contributed by atoms with Crippen molar-refractivity contribution >= 4 is 44.1 Å². The summed E-state index contributed by atoms with van der Waals surface area (Å²) >= 11 is 3.46. The molecule has 1 amide bonds. The highest BCUT2D eigenvalue weighted by molar-refractivity contribution is 9.10. The largest absolute Gasteiger partial charge is 0.348 e. The molecular weight excluding hydrogens is 404 g/mol. The Labute approximate surface area is 152 Å². The first-order valence-corrected chi connectivity index (χ1v) is 9.92. The smallest absolute Gasteiger partial charge is 0.242 e. The number of amides is 1. The SMILES string of the molecule is CC(NC(=O)C1(S(C)(=O)=O)CCNCC1)c1ccccc1Br.Cl. The third kappa shape index (κ3) is 4.26. The van der Waals surface area contributed by atoms with Crippen LogP contribution in [0.4, 0.5) is 0 Å². The fourth-order valence-corrected chi connectivity index (χ4v) is 4.80. The Morgan fingerprint density at radius 1 is 1.30 bits per heavy atom. The van der Waals surface area contributed by atoms with E-state index in [1.54, 1.807) is 0 Å². The average molecular weight is 426 g/mol. The molecule has 1 atom stereocenters. The van der Waals surface area contributed by atoms with Crippen LogP contribution in [-0.4, -0.2) is 38.4 Å². The molecule has 5 nitrogen and oxygen atoms in total. The van der Waals surface area contributed by atoms with Gasteiger partial charge in [-0.05, 0) is 44.5 Å². The molecule has 0 aliphatic carbocycles. The van der Waals surface area contributed by atoms with Gasteiger partial charge in [0.1, 0.15) is 0 Å². The topological polar surface area (TPSA) is 75.3 Å². The second-order valence-corrected chi connectivity index (χ2v) is 8.91. The molecule has 1 aliphatic heterocycles. The number of rotatable bonds is 4. The van der Waals surface area contributed by atoms with Gasteiger partial charge < -0.3 is 10.6 Å². The summed E-state index contributed by atoms with van der Waals surface area (Å²) in [5, 5.41) is 5.99. The summed E-state index contributed by atoms with van der Waals surface area (Å²) in [6.45, 7) is 2.92. The quantitative estimate of drug-likeness (QED) is 0.775. The minimum atomic E-state index is -3.49. The van der Waals surface area contributed by atoms with Crippen LogP contribution in [0.15, 0.2) is 28.7 Å². The summed E-state index contributed by atoms with van der Waals surface area (Å²) in [6.07, 6.45) is 1.77. The molecule has 0 aromatic heterocycles. The number of piperidine rings is 1. The van der Waals surface area contributed by atoms with Gasteiger partial charge in [-0.3, -0.25) is 4.79 Å². The molecule has 0 bridgehead atoms. The van der Waals surface area contributed by atoms with Crippen LogP contribution in [0.3, 0.4) is 0 Å². The van der Waals surface area contributed by atoms with Gasteiger partial charge in [0.2, 0.25) is 5.91 Å². The van der Waals surface area contributed by atoms with Crippen molar-refractivity contribution in [2.75, 3.05) is 19.3 Å². The summed E-state index contributed by atoms with van der Waals surface area (Å²) in [5.41, 5.74) is 0.924. The number of carbonyl (C=O) groups excluding carboxylic acids is 1. The molecule has 1 fully saturated rings. The summed E-state index contributed by atoms with van der Waals surface area (Å²) in [4.78, 5) is 12.7. The standard InChI is InChI=1S/C15H21BrN2O3S.ClH/c1-11(12-5-3-4-6-13(12)16)18-14(19)15(22(2,20)21)7-9-17-10-8-15;/h3-6,11,17H,7-10H2,1-2H3,(H,18,19);1H. The molecule has 1 unspecified atom stereocenters. The average Bonchev–Trinajstić information content (AvgIpc) is 2.47. The van der Waals surface area contributed by atoms with E-state index < -0.39 is 20.5 Å². The Morgan fingerprint density at radius 2 is 1.87 bits per heavy atom. The molecule has 1 saturated heterocycles. The number of hydrogen-bond donors (Lipinski definition) is 2. The number of carbonyl (C=O) groups is 1. The first-order chi connectivity index (χ1) is 10.3. The van der Waals surface area contributed by atoms with Crippen LogP contribution < -0.4 is 10.6 Å². The molecule has 1 heterocycles. The van der Waals surface area contributed by atoms with Gasteiger partial charge in [-0.25, -0.2) is 8.42 Å². The van der Waals surface area contributed by atoms with Crippen molar-refractivity contribution in [3.63, 3.8) is 0 Å². The van der Waals surface area contributed by atoms with Crippen molar-refractivity contribution in [2.24, 2.45) is 0 Å². The zero-order chi connectivity index (χ0) is 16.4.